The minimum absolute atomic E-state index is 0.800. The Bertz CT molecular complexity index is 415. The third kappa shape index (κ3) is 2.44. The Morgan fingerprint density at radius 2 is 2.33 bits per heavy atom. The van der Waals surface area contributed by atoms with Crippen LogP contribution in [0.5, 0.6) is 0 Å². The number of hydrogen-bond acceptors (Lipinski definition) is 3. The summed E-state index contributed by atoms with van der Waals surface area (Å²) in [5.41, 5.74) is 3.41. The summed E-state index contributed by atoms with van der Waals surface area (Å²) in [7, 11) is 1.94. The van der Waals surface area contributed by atoms with Crippen LogP contribution in [0.2, 0.25) is 0 Å². The first-order valence-electron chi connectivity index (χ1n) is 4.93. The standard InChI is InChI=1S/C10H15N5/c1-8-9(6-15(2)14-8)3-11-4-10-5-12-7-13-10/h5-7,11H,3-4H2,1-2H3,(H,12,13). The molecule has 0 unspecified atom stereocenters. The van der Waals surface area contributed by atoms with E-state index in [0.29, 0.717) is 0 Å². The maximum atomic E-state index is 4.28. The second-order valence-corrected chi connectivity index (χ2v) is 3.59. The van der Waals surface area contributed by atoms with Gasteiger partial charge in [-0.2, -0.15) is 5.10 Å². The zero-order valence-electron chi connectivity index (χ0n) is 8.99. The van der Waals surface area contributed by atoms with Crippen LogP contribution in [0.1, 0.15) is 17.0 Å². The number of H-pyrrole nitrogens is 1. The Balaban J connectivity index is 1.86. The van der Waals surface area contributed by atoms with Crippen LogP contribution in [0.15, 0.2) is 18.7 Å². The average molecular weight is 205 g/mol. The number of rotatable bonds is 4. The third-order valence-electron chi connectivity index (χ3n) is 2.30. The van der Waals surface area contributed by atoms with Crippen molar-refractivity contribution in [1.82, 2.24) is 25.1 Å². The maximum Gasteiger partial charge on any atom is 0.0922 e. The zero-order valence-corrected chi connectivity index (χ0v) is 8.99. The Morgan fingerprint density at radius 1 is 1.47 bits per heavy atom. The SMILES string of the molecule is Cc1nn(C)cc1CNCc1cnc[nH]1. The van der Waals surface area contributed by atoms with Gasteiger partial charge >= 0.3 is 0 Å². The predicted octanol–water partition coefficient (Wildman–Crippen LogP) is 0.741. The molecule has 0 aliphatic heterocycles. The van der Waals surface area contributed by atoms with Crippen LogP contribution in [0, 0.1) is 6.92 Å². The molecule has 0 spiro atoms. The van der Waals surface area contributed by atoms with E-state index in [1.54, 1.807) is 6.33 Å². The molecule has 2 rings (SSSR count). The van der Waals surface area contributed by atoms with E-state index in [1.807, 2.05) is 31.0 Å². The van der Waals surface area contributed by atoms with E-state index < -0.39 is 0 Å². The zero-order chi connectivity index (χ0) is 10.7. The first-order valence-corrected chi connectivity index (χ1v) is 4.93. The molecule has 0 saturated heterocycles. The molecule has 0 aliphatic rings. The van der Waals surface area contributed by atoms with Crippen molar-refractivity contribution in [2.24, 2.45) is 7.05 Å². The summed E-state index contributed by atoms with van der Waals surface area (Å²) in [6.45, 7) is 3.65. The van der Waals surface area contributed by atoms with Gasteiger partial charge in [-0.25, -0.2) is 4.98 Å². The Kier molecular flexibility index (Phi) is 2.82. The lowest BCUT2D eigenvalue weighted by Gasteiger charge is -2.01. The van der Waals surface area contributed by atoms with E-state index in [-0.39, 0.29) is 0 Å². The first kappa shape index (κ1) is 9.92. The van der Waals surface area contributed by atoms with Crippen molar-refractivity contribution in [3.8, 4) is 0 Å². The number of aryl methyl sites for hydroxylation is 2. The fourth-order valence-corrected chi connectivity index (χ4v) is 1.54. The highest BCUT2D eigenvalue weighted by atomic mass is 15.2. The third-order valence-corrected chi connectivity index (χ3v) is 2.30. The Morgan fingerprint density at radius 3 is 2.93 bits per heavy atom. The summed E-state index contributed by atoms with van der Waals surface area (Å²) in [6, 6.07) is 0. The van der Waals surface area contributed by atoms with Crippen LogP contribution in [0.3, 0.4) is 0 Å². The molecule has 0 radical (unpaired) electrons. The summed E-state index contributed by atoms with van der Waals surface area (Å²) in [6.07, 6.45) is 5.55. The Labute approximate surface area is 88.5 Å². The fourth-order valence-electron chi connectivity index (χ4n) is 1.54. The topological polar surface area (TPSA) is 58.5 Å². The van der Waals surface area contributed by atoms with E-state index in [0.717, 1.165) is 24.5 Å². The maximum absolute atomic E-state index is 4.28. The van der Waals surface area contributed by atoms with Gasteiger partial charge in [0.05, 0.1) is 12.0 Å². The van der Waals surface area contributed by atoms with Gasteiger partial charge in [-0.3, -0.25) is 4.68 Å². The molecular weight excluding hydrogens is 190 g/mol. The highest BCUT2D eigenvalue weighted by molar-refractivity contribution is 5.14. The summed E-state index contributed by atoms with van der Waals surface area (Å²) >= 11 is 0. The molecule has 0 fully saturated rings. The molecule has 0 atom stereocenters. The van der Waals surface area contributed by atoms with Crippen molar-refractivity contribution in [3.63, 3.8) is 0 Å². The van der Waals surface area contributed by atoms with Gasteiger partial charge < -0.3 is 10.3 Å². The van der Waals surface area contributed by atoms with E-state index >= 15 is 0 Å². The summed E-state index contributed by atoms with van der Waals surface area (Å²) in [5.74, 6) is 0. The molecule has 15 heavy (non-hydrogen) atoms. The summed E-state index contributed by atoms with van der Waals surface area (Å²) in [4.78, 5) is 7.01. The van der Waals surface area contributed by atoms with Crippen molar-refractivity contribution >= 4 is 0 Å². The second kappa shape index (κ2) is 4.27. The lowest BCUT2D eigenvalue weighted by molar-refractivity contribution is 0.679. The minimum atomic E-state index is 0.800. The molecule has 0 saturated carbocycles. The average Bonchev–Trinajstić information content (AvgIpc) is 2.77. The van der Waals surface area contributed by atoms with Crippen LogP contribution in [0.4, 0.5) is 0 Å². The molecule has 2 N–H and O–H groups in total. The first-order chi connectivity index (χ1) is 7.25. The molecule has 0 aliphatic carbocycles. The number of aromatic amines is 1. The largest absolute Gasteiger partial charge is 0.347 e. The van der Waals surface area contributed by atoms with Gasteiger partial charge in [0, 0.05) is 43.8 Å². The van der Waals surface area contributed by atoms with Crippen LogP contribution < -0.4 is 5.32 Å². The quantitative estimate of drug-likeness (QED) is 0.774. The van der Waals surface area contributed by atoms with Gasteiger partial charge in [-0.1, -0.05) is 0 Å². The minimum Gasteiger partial charge on any atom is -0.347 e. The molecule has 5 heteroatoms. The van der Waals surface area contributed by atoms with Gasteiger partial charge in [-0.15, -0.1) is 0 Å². The smallest absolute Gasteiger partial charge is 0.0922 e. The molecule has 0 amide bonds. The molecule has 5 nitrogen and oxygen atoms in total. The molecule has 2 aromatic heterocycles. The fraction of sp³-hybridized carbons (Fsp3) is 0.400. The highest BCUT2D eigenvalue weighted by Crippen LogP contribution is 2.04. The van der Waals surface area contributed by atoms with Gasteiger partial charge in [0.15, 0.2) is 0 Å². The van der Waals surface area contributed by atoms with Gasteiger partial charge in [0.25, 0.3) is 0 Å². The second-order valence-electron chi connectivity index (χ2n) is 3.59. The van der Waals surface area contributed by atoms with Crippen molar-refractivity contribution in [1.29, 1.82) is 0 Å². The van der Waals surface area contributed by atoms with Gasteiger partial charge in [0.2, 0.25) is 0 Å². The van der Waals surface area contributed by atoms with Gasteiger partial charge in [-0.05, 0) is 6.92 Å². The molecule has 0 aromatic carbocycles. The van der Waals surface area contributed by atoms with Crippen molar-refractivity contribution in [3.05, 3.63) is 35.7 Å². The van der Waals surface area contributed by atoms with Crippen molar-refractivity contribution in [2.45, 2.75) is 20.0 Å². The molecule has 80 valence electrons. The van der Waals surface area contributed by atoms with E-state index in [9.17, 15) is 0 Å². The van der Waals surface area contributed by atoms with Crippen LogP contribution in [0.25, 0.3) is 0 Å². The number of hydrogen-bond donors (Lipinski definition) is 2. The van der Waals surface area contributed by atoms with E-state index in [4.69, 9.17) is 0 Å². The summed E-state index contributed by atoms with van der Waals surface area (Å²) < 4.78 is 1.84. The molecule has 2 aromatic rings. The van der Waals surface area contributed by atoms with Crippen LogP contribution >= 0.6 is 0 Å². The van der Waals surface area contributed by atoms with E-state index in [1.165, 1.54) is 5.56 Å². The highest BCUT2D eigenvalue weighted by Gasteiger charge is 2.02. The molecule has 2 heterocycles. The van der Waals surface area contributed by atoms with Crippen molar-refractivity contribution < 1.29 is 0 Å². The van der Waals surface area contributed by atoms with Crippen LogP contribution in [-0.2, 0) is 20.1 Å². The van der Waals surface area contributed by atoms with Crippen LogP contribution in [-0.4, -0.2) is 19.7 Å². The van der Waals surface area contributed by atoms with Gasteiger partial charge in [0.1, 0.15) is 0 Å². The summed E-state index contributed by atoms with van der Waals surface area (Å²) in [5, 5.41) is 7.62. The Hall–Kier alpha value is -1.62. The van der Waals surface area contributed by atoms with Crippen molar-refractivity contribution in [2.75, 3.05) is 0 Å². The lowest BCUT2D eigenvalue weighted by Crippen LogP contribution is -2.13. The number of imidazole rings is 1. The predicted molar refractivity (Wildman–Crippen MR) is 57.1 cm³/mol. The number of aromatic nitrogens is 4. The van der Waals surface area contributed by atoms with E-state index in [2.05, 4.69) is 20.4 Å². The molecule has 0 bridgehead atoms. The lowest BCUT2D eigenvalue weighted by atomic mass is 10.2. The molecular formula is C10H15N5. The monoisotopic (exact) mass is 205 g/mol. The normalized spacial score (nSPS) is 10.8. The number of nitrogens with one attached hydrogen (secondary N) is 2. The number of nitrogens with zero attached hydrogens (tertiary/aromatic N) is 3.